The summed E-state index contributed by atoms with van der Waals surface area (Å²) in [6, 6.07) is 8.59. The third kappa shape index (κ3) is 5.15. The molecular weight excluding hydrogens is 452 g/mol. The molecule has 31 heavy (non-hydrogen) atoms. The van der Waals surface area contributed by atoms with Crippen LogP contribution in [0.5, 0.6) is 0 Å². The van der Waals surface area contributed by atoms with E-state index in [0.29, 0.717) is 18.8 Å². The number of carbonyl (C=O) groups excluding carboxylic acids is 1. The van der Waals surface area contributed by atoms with Crippen LogP contribution in [0.3, 0.4) is 0 Å². The zero-order chi connectivity index (χ0) is 22.0. The molecule has 0 spiro atoms. The number of carbonyl (C=O) groups is 1. The Morgan fingerprint density at radius 1 is 1.06 bits per heavy atom. The molecule has 1 saturated heterocycles. The second kappa shape index (κ2) is 9.07. The molecular formula is C21H24N4O3S3. The fraction of sp³-hybridized carbons (Fsp3) is 0.333. The monoisotopic (exact) mass is 476 g/mol. The van der Waals surface area contributed by atoms with Crippen LogP contribution in [0.25, 0.3) is 0 Å². The van der Waals surface area contributed by atoms with Crippen LogP contribution in [0.4, 0.5) is 5.69 Å². The molecule has 0 atom stereocenters. The number of rotatable bonds is 6. The molecule has 3 heterocycles. The average Bonchev–Trinajstić information content (AvgIpc) is 3.39. The van der Waals surface area contributed by atoms with Crippen LogP contribution in [-0.4, -0.2) is 55.3 Å². The van der Waals surface area contributed by atoms with Crippen molar-refractivity contribution in [3.8, 4) is 0 Å². The molecule has 0 radical (unpaired) electrons. The molecule has 10 heteroatoms. The van der Waals surface area contributed by atoms with E-state index in [1.165, 1.54) is 6.07 Å². The van der Waals surface area contributed by atoms with Crippen LogP contribution in [-0.2, 0) is 16.6 Å². The van der Waals surface area contributed by atoms with Gasteiger partial charge in [-0.3, -0.25) is 14.4 Å². The summed E-state index contributed by atoms with van der Waals surface area (Å²) in [6.45, 7) is 7.28. The highest BCUT2D eigenvalue weighted by atomic mass is 32.2. The maximum Gasteiger partial charge on any atom is 0.265 e. The van der Waals surface area contributed by atoms with Crippen LogP contribution >= 0.6 is 22.7 Å². The number of thiophene rings is 1. The van der Waals surface area contributed by atoms with Crippen LogP contribution in [0, 0.1) is 13.8 Å². The minimum Gasteiger partial charge on any atom is -0.335 e. The van der Waals surface area contributed by atoms with Gasteiger partial charge in [0.05, 0.1) is 10.7 Å². The number of aryl methyl sites for hydroxylation is 2. The zero-order valence-electron chi connectivity index (χ0n) is 17.4. The van der Waals surface area contributed by atoms with Crippen LogP contribution in [0.1, 0.15) is 25.9 Å². The lowest BCUT2D eigenvalue weighted by Crippen LogP contribution is -2.48. The van der Waals surface area contributed by atoms with Crippen molar-refractivity contribution < 1.29 is 13.2 Å². The minimum atomic E-state index is -3.85. The van der Waals surface area contributed by atoms with Crippen molar-refractivity contribution in [1.82, 2.24) is 14.8 Å². The van der Waals surface area contributed by atoms with E-state index in [-0.39, 0.29) is 15.7 Å². The van der Waals surface area contributed by atoms with Crippen LogP contribution in [0.2, 0.25) is 0 Å². The fourth-order valence-electron chi connectivity index (χ4n) is 3.46. The number of nitrogens with zero attached hydrogens (tertiary/aromatic N) is 3. The molecule has 1 aromatic carbocycles. The number of thiazole rings is 1. The first-order valence-electron chi connectivity index (χ1n) is 9.91. The smallest absolute Gasteiger partial charge is 0.265 e. The zero-order valence-corrected chi connectivity index (χ0v) is 19.8. The quantitative estimate of drug-likeness (QED) is 0.588. The number of amides is 1. The van der Waals surface area contributed by atoms with Crippen LogP contribution in [0.15, 0.2) is 46.0 Å². The van der Waals surface area contributed by atoms with Gasteiger partial charge in [-0.25, -0.2) is 13.4 Å². The predicted octanol–water partition coefficient (Wildman–Crippen LogP) is 3.58. The molecule has 3 aromatic rings. The second-order valence-electron chi connectivity index (χ2n) is 7.51. The van der Waals surface area contributed by atoms with Crippen molar-refractivity contribution in [2.45, 2.75) is 25.3 Å². The Balaban J connectivity index is 1.42. The van der Waals surface area contributed by atoms with Gasteiger partial charge in [0, 0.05) is 43.8 Å². The Kier molecular flexibility index (Phi) is 6.42. The van der Waals surface area contributed by atoms with Gasteiger partial charge in [-0.15, -0.1) is 22.7 Å². The summed E-state index contributed by atoms with van der Waals surface area (Å²) in [6.07, 6.45) is 0. The highest BCUT2D eigenvalue weighted by molar-refractivity contribution is 7.93. The largest absolute Gasteiger partial charge is 0.335 e. The van der Waals surface area contributed by atoms with E-state index in [2.05, 4.69) is 20.0 Å². The number of benzene rings is 1. The highest BCUT2D eigenvalue weighted by Crippen LogP contribution is 2.26. The van der Waals surface area contributed by atoms with Gasteiger partial charge in [-0.2, -0.15) is 0 Å². The molecule has 1 amide bonds. The molecule has 1 aliphatic rings. The molecule has 1 N–H and O–H groups in total. The highest BCUT2D eigenvalue weighted by Gasteiger charge is 2.29. The van der Waals surface area contributed by atoms with E-state index in [1.807, 2.05) is 26.0 Å². The predicted molar refractivity (Wildman–Crippen MR) is 124 cm³/mol. The van der Waals surface area contributed by atoms with Gasteiger partial charge in [0.15, 0.2) is 0 Å². The number of piperazine rings is 1. The average molecular weight is 477 g/mol. The summed E-state index contributed by atoms with van der Waals surface area (Å²) in [7, 11) is -3.85. The fourth-order valence-corrected chi connectivity index (χ4v) is 6.51. The van der Waals surface area contributed by atoms with E-state index in [4.69, 9.17) is 0 Å². The van der Waals surface area contributed by atoms with Crippen molar-refractivity contribution in [3.63, 3.8) is 0 Å². The molecule has 7 nitrogen and oxygen atoms in total. The molecule has 1 aliphatic heterocycles. The Bertz CT molecular complexity index is 1160. The first kappa shape index (κ1) is 21.9. The lowest BCUT2D eigenvalue weighted by atomic mass is 10.2. The maximum absolute atomic E-state index is 13.1. The van der Waals surface area contributed by atoms with E-state index in [0.717, 1.165) is 47.2 Å². The normalized spacial score (nSPS) is 15.2. The maximum atomic E-state index is 13.1. The lowest BCUT2D eigenvalue weighted by molar-refractivity contribution is 0.0628. The topological polar surface area (TPSA) is 82.6 Å². The third-order valence-corrected chi connectivity index (χ3v) is 8.41. The van der Waals surface area contributed by atoms with Gasteiger partial charge in [-0.05, 0) is 37.4 Å². The first-order valence-corrected chi connectivity index (χ1v) is 13.2. The summed E-state index contributed by atoms with van der Waals surface area (Å²) in [5.74, 6) is -0.233. The van der Waals surface area contributed by atoms with Gasteiger partial charge < -0.3 is 4.90 Å². The second-order valence-corrected chi connectivity index (χ2v) is 11.1. The molecule has 0 aliphatic carbocycles. The third-order valence-electron chi connectivity index (χ3n) is 5.13. The van der Waals surface area contributed by atoms with Gasteiger partial charge in [0.2, 0.25) is 0 Å². The van der Waals surface area contributed by atoms with Crippen molar-refractivity contribution >= 4 is 44.3 Å². The Hall–Kier alpha value is -2.27. The van der Waals surface area contributed by atoms with E-state index in [9.17, 15) is 13.2 Å². The summed E-state index contributed by atoms with van der Waals surface area (Å²) in [5.41, 5.74) is 2.57. The number of sulfonamides is 1. The molecule has 0 saturated carbocycles. The van der Waals surface area contributed by atoms with E-state index < -0.39 is 10.0 Å². The molecule has 4 rings (SSSR count). The standard InChI is InChI=1S/C21H24N4O3S3/c1-15-3-5-17(6-4-15)23-31(27,28)19-7-12-29-20(19)21(26)25-10-8-24(9-11-25)13-18-14-30-16(2)22-18/h3-7,12,14,23H,8-11,13H2,1-2H3. The molecule has 0 bridgehead atoms. The first-order chi connectivity index (χ1) is 14.8. The van der Waals surface area contributed by atoms with E-state index >= 15 is 0 Å². The van der Waals surface area contributed by atoms with Crippen LogP contribution < -0.4 is 4.72 Å². The van der Waals surface area contributed by atoms with Gasteiger partial charge >= 0.3 is 0 Å². The summed E-state index contributed by atoms with van der Waals surface area (Å²) in [5, 5.41) is 4.77. The van der Waals surface area contributed by atoms with Crippen molar-refractivity contribution in [2.75, 3.05) is 30.9 Å². The minimum absolute atomic E-state index is 0.0310. The summed E-state index contributed by atoms with van der Waals surface area (Å²) in [4.78, 5) is 21.9. The number of anilines is 1. The molecule has 0 unspecified atom stereocenters. The van der Waals surface area contributed by atoms with Crippen molar-refractivity contribution in [2.24, 2.45) is 0 Å². The number of aromatic nitrogens is 1. The Morgan fingerprint density at radius 2 is 1.77 bits per heavy atom. The van der Waals surface area contributed by atoms with Gasteiger partial charge in [0.1, 0.15) is 9.77 Å². The van der Waals surface area contributed by atoms with Gasteiger partial charge in [-0.1, -0.05) is 17.7 Å². The Labute approximate surface area is 190 Å². The molecule has 1 fully saturated rings. The van der Waals surface area contributed by atoms with Crippen molar-refractivity contribution in [3.05, 3.63) is 62.2 Å². The SMILES string of the molecule is Cc1ccc(NS(=O)(=O)c2ccsc2C(=O)N2CCN(Cc3csc(C)n3)CC2)cc1. The summed E-state index contributed by atoms with van der Waals surface area (Å²) >= 11 is 2.80. The number of hydrogen-bond acceptors (Lipinski definition) is 7. The molecule has 164 valence electrons. The number of hydrogen-bond donors (Lipinski definition) is 1. The lowest BCUT2D eigenvalue weighted by Gasteiger charge is -2.34. The van der Waals surface area contributed by atoms with E-state index in [1.54, 1.807) is 33.7 Å². The van der Waals surface area contributed by atoms with Crippen molar-refractivity contribution in [1.29, 1.82) is 0 Å². The number of nitrogens with one attached hydrogen (secondary N) is 1. The van der Waals surface area contributed by atoms with Gasteiger partial charge in [0.25, 0.3) is 15.9 Å². The molecule has 2 aromatic heterocycles. The Morgan fingerprint density at radius 3 is 2.42 bits per heavy atom. The summed E-state index contributed by atoms with van der Waals surface area (Å²) < 4.78 is 28.4.